The molecule has 0 unspecified atom stereocenters. The van der Waals surface area contributed by atoms with Crippen LogP contribution in [0.1, 0.15) is 26.3 Å². The smallest absolute Gasteiger partial charge is 0.273 e. The summed E-state index contributed by atoms with van der Waals surface area (Å²) in [5, 5.41) is 10.3. The normalized spacial score (nSPS) is 12.4. The van der Waals surface area contributed by atoms with Crippen LogP contribution in [0.5, 0.6) is 0 Å². The van der Waals surface area contributed by atoms with Crippen LogP contribution in [0.2, 0.25) is 0 Å². The zero-order valence-electron chi connectivity index (χ0n) is 11.1. The predicted octanol–water partition coefficient (Wildman–Crippen LogP) is 1.30. The minimum atomic E-state index is -0.247. The summed E-state index contributed by atoms with van der Waals surface area (Å²) in [5.41, 5.74) is 0.305. The Morgan fingerprint density at radius 2 is 2.37 bits per heavy atom. The van der Waals surface area contributed by atoms with Gasteiger partial charge in [0.05, 0.1) is 6.20 Å². The summed E-state index contributed by atoms with van der Waals surface area (Å²) in [4.78, 5) is 14.2. The molecule has 0 aromatic carbocycles. The first-order valence-corrected chi connectivity index (χ1v) is 6.65. The van der Waals surface area contributed by atoms with Crippen LogP contribution in [0.4, 0.5) is 0 Å². The Hall–Kier alpha value is -1.73. The van der Waals surface area contributed by atoms with Crippen molar-refractivity contribution in [2.45, 2.75) is 13.0 Å². The Bertz CT molecular complexity index is 564. The number of carbonyl (C=O) groups excluding carboxylic acids is 1. The molecule has 0 saturated carbocycles. The highest BCUT2D eigenvalue weighted by atomic mass is 32.1. The Morgan fingerprint density at radius 3 is 2.89 bits per heavy atom. The highest BCUT2D eigenvalue weighted by Gasteiger charge is 2.16. The molecule has 0 saturated heterocycles. The van der Waals surface area contributed by atoms with E-state index < -0.39 is 0 Å². The molecule has 0 aliphatic rings. The number of rotatable bonds is 5. The number of hydrogen-bond acceptors (Lipinski definition) is 5. The molecule has 0 aliphatic heterocycles. The number of aryl methyl sites for hydroxylation is 2. The molecule has 0 fully saturated rings. The van der Waals surface area contributed by atoms with E-state index in [9.17, 15) is 4.79 Å². The van der Waals surface area contributed by atoms with Gasteiger partial charge in [-0.15, -0.1) is 16.4 Å². The minimum absolute atomic E-state index is 0.140. The quantitative estimate of drug-likeness (QED) is 0.896. The summed E-state index contributed by atoms with van der Waals surface area (Å²) in [5.74, 6) is -0.247. The van der Waals surface area contributed by atoms with Gasteiger partial charge in [0.2, 0.25) is 0 Å². The molecule has 7 heteroatoms. The van der Waals surface area contributed by atoms with E-state index in [-0.39, 0.29) is 12.0 Å². The van der Waals surface area contributed by atoms with E-state index >= 15 is 0 Å². The maximum atomic E-state index is 11.8. The van der Waals surface area contributed by atoms with Gasteiger partial charge in [0.25, 0.3) is 5.91 Å². The van der Waals surface area contributed by atoms with Crippen LogP contribution >= 0.6 is 11.3 Å². The van der Waals surface area contributed by atoms with Crippen LogP contribution in [0.15, 0.2) is 18.3 Å². The van der Waals surface area contributed by atoms with Crippen molar-refractivity contribution >= 4 is 17.2 Å². The molecule has 0 bridgehead atoms. The van der Waals surface area contributed by atoms with Crippen molar-refractivity contribution in [3.8, 4) is 0 Å². The molecule has 0 radical (unpaired) electrons. The number of nitrogens with one attached hydrogen (secondary N) is 1. The Balaban J connectivity index is 1.95. The number of aromatic nitrogens is 3. The van der Waals surface area contributed by atoms with Crippen LogP contribution in [0.3, 0.4) is 0 Å². The maximum Gasteiger partial charge on any atom is 0.273 e. The van der Waals surface area contributed by atoms with Gasteiger partial charge >= 0.3 is 0 Å². The van der Waals surface area contributed by atoms with Gasteiger partial charge in [-0.3, -0.25) is 9.48 Å². The molecule has 6 nitrogen and oxygen atoms in total. The lowest BCUT2D eigenvalue weighted by Gasteiger charge is -2.13. The van der Waals surface area contributed by atoms with Crippen molar-refractivity contribution in [3.63, 3.8) is 0 Å². The van der Waals surface area contributed by atoms with Gasteiger partial charge in [0.1, 0.15) is 6.10 Å². The molecule has 2 aromatic rings. The van der Waals surface area contributed by atoms with E-state index in [1.165, 1.54) is 9.56 Å². The SMILES string of the molecule is CO[C@H](CNC(=O)c1cn(C)nn1)c1ccc(C)s1. The van der Waals surface area contributed by atoms with E-state index in [0.717, 1.165) is 4.88 Å². The Kier molecular flexibility index (Phi) is 4.28. The second kappa shape index (κ2) is 5.94. The lowest BCUT2D eigenvalue weighted by molar-refractivity contribution is 0.0833. The molecule has 19 heavy (non-hydrogen) atoms. The van der Waals surface area contributed by atoms with Gasteiger partial charge in [-0.1, -0.05) is 5.21 Å². The summed E-state index contributed by atoms with van der Waals surface area (Å²) < 4.78 is 6.89. The number of amides is 1. The van der Waals surface area contributed by atoms with Crippen molar-refractivity contribution < 1.29 is 9.53 Å². The zero-order valence-corrected chi connectivity index (χ0v) is 11.9. The van der Waals surface area contributed by atoms with Gasteiger partial charge in [-0.2, -0.15) is 0 Å². The molecule has 0 spiro atoms. The van der Waals surface area contributed by atoms with Crippen LogP contribution in [-0.2, 0) is 11.8 Å². The van der Waals surface area contributed by atoms with Gasteiger partial charge < -0.3 is 10.1 Å². The van der Waals surface area contributed by atoms with Crippen LogP contribution < -0.4 is 5.32 Å². The third kappa shape index (κ3) is 3.39. The van der Waals surface area contributed by atoms with Crippen LogP contribution in [-0.4, -0.2) is 34.6 Å². The molecule has 1 atom stereocenters. The molecular weight excluding hydrogens is 264 g/mol. The van der Waals surface area contributed by atoms with E-state index in [2.05, 4.69) is 15.6 Å². The molecule has 1 N–H and O–H groups in total. The first-order valence-electron chi connectivity index (χ1n) is 5.84. The first-order chi connectivity index (χ1) is 9.10. The fourth-order valence-corrected chi connectivity index (χ4v) is 2.61. The second-order valence-electron chi connectivity index (χ2n) is 4.16. The first kappa shape index (κ1) is 13.7. The predicted molar refractivity (Wildman–Crippen MR) is 72.1 cm³/mol. The van der Waals surface area contributed by atoms with Gasteiger partial charge in [0.15, 0.2) is 5.69 Å². The summed E-state index contributed by atoms with van der Waals surface area (Å²) in [6.07, 6.45) is 1.44. The van der Waals surface area contributed by atoms with Crippen molar-refractivity contribution in [1.29, 1.82) is 0 Å². The maximum absolute atomic E-state index is 11.8. The van der Waals surface area contributed by atoms with E-state index in [0.29, 0.717) is 12.2 Å². The standard InChI is InChI=1S/C12H16N4O2S/c1-8-4-5-11(19-8)10(18-3)6-13-12(17)9-7-16(2)15-14-9/h4-5,7,10H,6H2,1-3H3,(H,13,17)/t10-/m1/s1. The van der Waals surface area contributed by atoms with E-state index in [4.69, 9.17) is 4.74 Å². The van der Waals surface area contributed by atoms with Crippen molar-refractivity contribution in [3.05, 3.63) is 33.8 Å². The third-order valence-electron chi connectivity index (χ3n) is 2.65. The molecule has 1 amide bonds. The third-order valence-corrected chi connectivity index (χ3v) is 3.74. The lowest BCUT2D eigenvalue weighted by atomic mass is 10.2. The van der Waals surface area contributed by atoms with Crippen molar-refractivity contribution in [2.75, 3.05) is 13.7 Å². The number of methoxy groups -OCH3 is 1. The minimum Gasteiger partial charge on any atom is -0.374 e. The van der Waals surface area contributed by atoms with E-state index in [1.807, 2.05) is 19.1 Å². The Labute approximate surface area is 115 Å². The van der Waals surface area contributed by atoms with Crippen LogP contribution in [0, 0.1) is 6.92 Å². The highest BCUT2D eigenvalue weighted by molar-refractivity contribution is 7.12. The summed E-state index contributed by atoms with van der Waals surface area (Å²) in [6.45, 7) is 2.45. The topological polar surface area (TPSA) is 69.0 Å². The number of nitrogens with zero attached hydrogens (tertiary/aromatic N) is 3. The Morgan fingerprint density at radius 1 is 1.58 bits per heavy atom. The fourth-order valence-electron chi connectivity index (χ4n) is 1.65. The molecule has 0 aliphatic carbocycles. The number of hydrogen-bond donors (Lipinski definition) is 1. The monoisotopic (exact) mass is 280 g/mol. The molecular formula is C12H16N4O2S. The molecule has 2 heterocycles. The average Bonchev–Trinajstić information content (AvgIpc) is 2.99. The summed E-state index contributed by atoms with van der Waals surface area (Å²) in [7, 11) is 3.35. The van der Waals surface area contributed by atoms with E-state index in [1.54, 1.807) is 31.7 Å². The zero-order chi connectivity index (χ0) is 13.8. The lowest BCUT2D eigenvalue weighted by Crippen LogP contribution is -2.29. The average molecular weight is 280 g/mol. The van der Waals surface area contributed by atoms with Crippen molar-refractivity contribution in [1.82, 2.24) is 20.3 Å². The fraction of sp³-hybridized carbons (Fsp3) is 0.417. The molecule has 2 aromatic heterocycles. The highest BCUT2D eigenvalue weighted by Crippen LogP contribution is 2.24. The van der Waals surface area contributed by atoms with Gasteiger partial charge in [-0.25, -0.2) is 0 Å². The number of thiophene rings is 1. The largest absolute Gasteiger partial charge is 0.374 e. The van der Waals surface area contributed by atoms with Crippen molar-refractivity contribution in [2.24, 2.45) is 7.05 Å². The summed E-state index contributed by atoms with van der Waals surface area (Å²) >= 11 is 1.66. The van der Waals surface area contributed by atoms with Gasteiger partial charge in [-0.05, 0) is 19.1 Å². The van der Waals surface area contributed by atoms with Gasteiger partial charge in [0, 0.05) is 30.5 Å². The second-order valence-corrected chi connectivity index (χ2v) is 5.48. The summed E-state index contributed by atoms with van der Waals surface area (Å²) in [6, 6.07) is 4.05. The molecule has 102 valence electrons. The van der Waals surface area contributed by atoms with Crippen LogP contribution in [0.25, 0.3) is 0 Å². The molecule has 2 rings (SSSR count). The number of carbonyl (C=O) groups is 1. The number of ether oxygens (including phenoxy) is 1.